The quantitative estimate of drug-likeness (QED) is 0.647. The predicted molar refractivity (Wildman–Crippen MR) is 63.6 cm³/mol. The molecule has 1 heterocycles. The Hall–Kier alpha value is -0.850. The Kier molecular flexibility index (Phi) is 7.09. The molecule has 2 rings (SSSR count). The Morgan fingerprint density at radius 2 is 1.64 bits per heavy atom. The third kappa shape index (κ3) is 4.40. The van der Waals surface area contributed by atoms with E-state index in [1.807, 2.05) is 33.9 Å². The normalized spacial score (nSPS) is 13.2. The maximum absolute atomic E-state index is 4.34. The van der Waals surface area contributed by atoms with Crippen LogP contribution in [0.5, 0.6) is 0 Å². The van der Waals surface area contributed by atoms with Crippen LogP contribution >= 0.6 is 0 Å². The van der Waals surface area contributed by atoms with Gasteiger partial charge in [0, 0.05) is 17.8 Å². The van der Waals surface area contributed by atoms with E-state index in [0.717, 1.165) is 5.92 Å². The van der Waals surface area contributed by atoms with Crippen molar-refractivity contribution in [1.29, 1.82) is 0 Å². The third-order valence-electron chi connectivity index (χ3n) is 1.93. The number of aryl methyl sites for hydroxylation is 1. The zero-order chi connectivity index (χ0) is 11.0. The number of nitrogens with zero attached hydrogens (tertiary/aromatic N) is 1. The lowest BCUT2D eigenvalue weighted by Crippen LogP contribution is -1.84. The second kappa shape index (κ2) is 7.54. The van der Waals surface area contributed by atoms with Gasteiger partial charge in [0.15, 0.2) is 0 Å². The summed E-state index contributed by atoms with van der Waals surface area (Å²) in [7, 11) is 0. The first kappa shape index (κ1) is 13.2. The molecule has 0 radical (unpaired) electrons. The van der Waals surface area contributed by atoms with E-state index in [9.17, 15) is 0 Å². The van der Waals surface area contributed by atoms with Gasteiger partial charge >= 0.3 is 0 Å². The summed E-state index contributed by atoms with van der Waals surface area (Å²) in [6, 6.07) is 4.29. The van der Waals surface area contributed by atoms with Crippen molar-refractivity contribution >= 4 is 0 Å². The molecule has 0 aromatic carbocycles. The molecule has 1 aliphatic carbocycles. The van der Waals surface area contributed by atoms with Crippen LogP contribution in [0.15, 0.2) is 18.3 Å². The molecule has 0 amide bonds. The van der Waals surface area contributed by atoms with Crippen molar-refractivity contribution in [2.75, 3.05) is 0 Å². The van der Waals surface area contributed by atoms with Crippen LogP contribution in [-0.2, 0) is 0 Å². The lowest BCUT2D eigenvalue weighted by atomic mass is 10.2. The predicted octanol–water partition coefficient (Wildman–Crippen LogP) is 4.32. The zero-order valence-electron chi connectivity index (χ0n) is 10.2. The van der Waals surface area contributed by atoms with E-state index < -0.39 is 0 Å². The first-order chi connectivity index (χ1) is 6.86. The van der Waals surface area contributed by atoms with Crippen LogP contribution < -0.4 is 0 Å². The van der Waals surface area contributed by atoms with Gasteiger partial charge in [-0.05, 0) is 31.4 Å². The molecular formula is C13H23N. The molecule has 14 heavy (non-hydrogen) atoms. The fraction of sp³-hybridized carbons (Fsp3) is 0.615. The highest BCUT2D eigenvalue weighted by Crippen LogP contribution is 2.38. The summed E-state index contributed by atoms with van der Waals surface area (Å²) in [6.07, 6.45) is 4.64. The molecule has 0 unspecified atom stereocenters. The van der Waals surface area contributed by atoms with Gasteiger partial charge in [-0.1, -0.05) is 33.8 Å². The van der Waals surface area contributed by atoms with E-state index in [0.29, 0.717) is 0 Å². The highest BCUT2D eigenvalue weighted by Gasteiger charge is 2.24. The van der Waals surface area contributed by atoms with Gasteiger partial charge in [-0.25, -0.2) is 0 Å². The summed E-state index contributed by atoms with van der Waals surface area (Å²) in [5.41, 5.74) is 2.54. The van der Waals surface area contributed by atoms with Gasteiger partial charge in [0.25, 0.3) is 0 Å². The van der Waals surface area contributed by atoms with Gasteiger partial charge in [-0.3, -0.25) is 4.98 Å². The van der Waals surface area contributed by atoms with Crippen LogP contribution in [0, 0.1) is 6.92 Å². The van der Waals surface area contributed by atoms with E-state index in [4.69, 9.17) is 0 Å². The highest BCUT2D eigenvalue weighted by atomic mass is 14.7. The molecule has 1 aromatic rings. The van der Waals surface area contributed by atoms with Crippen molar-refractivity contribution in [3.8, 4) is 0 Å². The van der Waals surface area contributed by atoms with Gasteiger partial charge in [0.2, 0.25) is 0 Å². The van der Waals surface area contributed by atoms with Crippen molar-refractivity contribution in [2.24, 2.45) is 0 Å². The third-order valence-corrected chi connectivity index (χ3v) is 1.93. The Balaban J connectivity index is 0.000000379. The van der Waals surface area contributed by atoms with Gasteiger partial charge < -0.3 is 0 Å². The first-order valence-corrected chi connectivity index (χ1v) is 5.79. The Bertz CT molecular complexity index is 221. The molecule has 1 aliphatic rings. The smallest absolute Gasteiger partial charge is 0.0434 e. The van der Waals surface area contributed by atoms with Crippen molar-refractivity contribution < 1.29 is 0 Å². The van der Waals surface area contributed by atoms with Gasteiger partial charge in [-0.2, -0.15) is 0 Å². The monoisotopic (exact) mass is 193 g/mol. The number of aromatic nitrogens is 1. The van der Waals surface area contributed by atoms with Crippen molar-refractivity contribution in [3.05, 3.63) is 29.6 Å². The summed E-state index contributed by atoms with van der Waals surface area (Å²) >= 11 is 0. The number of pyridine rings is 1. The summed E-state index contributed by atoms with van der Waals surface area (Å²) in [6.45, 7) is 10.1. The number of hydrogen-bond acceptors (Lipinski definition) is 1. The molecule has 1 saturated carbocycles. The van der Waals surface area contributed by atoms with E-state index in [1.54, 1.807) is 0 Å². The van der Waals surface area contributed by atoms with Crippen LogP contribution in [0.4, 0.5) is 0 Å². The Morgan fingerprint density at radius 3 is 2.00 bits per heavy atom. The van der Waals surface area contributed by atoms with Crippen LogP contribution in [0.25, 0.3) is 0 Å². The zero-order valence-corrected chi connectivity index (χ0v) is 10.2. The molecule has 1 heteroatoms. The van der Waals surface area contributed by atoms with Crippen molar-refractivity contribution in [3.63, 3.8) is 0 Å². The van der Waals surface area contributed by atoms with E-state index in [-0.39, 0.29) is 0 Å². The Labute approximate surface area is 88.6 Å². The van der Waals surface area contributed by atoms with Crippen LogP contribution in [-0.4, -0.2) is 4.98 Å². The average molecular weight is 193 g/mol. The molecule has 0 aliphatic heterocycles. The largest absolute Gasteiger partial charge is 0.261 e. The average Bonchev–Trinajstić information content (AvgIpc) is 3.09. The van der Waals surface area contributed by atoms with E-state index in [2.05, 4.69) is 24.0 Å². The molecule has 1 aromatic heterocycles. The number of rotatable bonds is 1. The van der Waals surface area contributed by atoms with E-state index in [1.165, 1.54) is 24.1 Å². The van der Waals surface area contributed by atoms with Gasteiger partial charge in [0.05, 0.1) is 0 Å². The Morgan fingerprint density at radius 1 is 1.07 bits per heavy atom. The maximum Gasteiger partial charge on any atom is 0.0434 e. The number of hydrogen-bond donors (Lipinski definition) is 0. The summed E-state index contributed by atoms with van der Waals surface area (Å²) in [5, 5.41) is 0. The molecule has 0 saturated heterocycles. The summed E-state index contributed by atoms with van der Waals surface area (Å²) in [4.78, 5) is 4.34. The molecule has 0 bridgehead atoms. The second-order valence-corrected chi connectivity index (χ2v) is 3.03. The fourth-order valence-electron chi connectivity index (χ4n) is 1.10. The molecule has 0 atom stereocenters. The highest BCUT2D eigenvalue weighted by molar-refractivity contribution is 5.18. The van der Waals surface area contributed by atoms with Crippen LogP contribution in [0.2, 0.25) is 0 Å². The molecule has 0 spiro atoms. The van der Waals surface area contributed by atoms with Crippen molar-refractivity contribution in [2.45, 2.75) is 53.4 Å². The van der Waals surface area contributed by atoms with E-state index >= 15 is 0 Å². The minimum absolute atomic E-state index is 0.792. The standard InChI is InChI=1S/C9H11N.2C2H6/c1-7-2-5-9(10-6-7)8-3-4-8;2*1-2/h2,5-6,8H,3-4H2,1H3;2*1-2H3. The molecule has 1 fully saturated rings. The lowest BCUT2D eigenvalue weighted by molar-refractivity contribution is 1.01. The topological polar surface area (TPSA) is 12.9 Å². The van der Waals surface area contributed by atoms with Crippen LogP contribution in [0.3, 0.4) is 0 Å². The fourth-order valence-corrected chi connectivity index (χ4v) is 1.10. The summed E-state index contributed by atoms with van der Waals surface area (Å²) in [5.74, 6) is 0.792. The molecule has 1 nitrogen and oxygen atoms in total. The molecule has 0 N–H and O–H groups in total. The molecular weight excluding hydrogens is 170 g/mol. The van der Waals surface area contributed by atoms with Crippen molar-refractivity contribution in [1.82, 2.24) is 4.98 Å². The van der Waals surface area contributed by atoms with Gasteiger partial charge in [0.1, 0.15) is 0 Å². The van der Waals surface area contributed by atoms with Gasteiger partial charge in [-0.15, -0.1) is 0 Å². The molecule has 80 valence electrons. The minimum Gasteiger partial charge on any atom is -0.261 e. The summed E-state index contributed by atoms with van der Waals surface area (Å²) < 4.78 is 0. The maximum atomic E-state index is 4.34. The second-order valence-electron chi connectivity index (χ2n) is 3.03. The minimum atomic E-state index is 0.792. The first-order valence-electron chi connectivity index (χ1n) is 5.79. The lowest BCUT2D eigenvalue weighted by Gasteiger charge is -1.95. The van der Waals surface area contributed by atoms with Crippen LogP contribution in [0.1, 0.15) is 57.7 Å². The SMILES string of the molecule is CC.CC.Cc1ccc(C2CC2)nc1.